The van der Waals surface area contributed by atoms with Crippen molar-refractivity contribution in [2.75, 3.05) is 0 Å². The van der Waals surface area contributed by atoms with Crippen molar-refractivity contribution in [1.29, 1.82) is 0 Å². The Balaban J connectivity index is 1.69. The van der Waals surface area contributed by atoms with E-state index >= 15 is 0 Å². The first-order valence-electron chi connectivity index (χ1n) is 11.3. The number of carbonyl (C=O) groups is 1. The van der Waals surface area contributed by atoms with Crippen molar-refractivity contribution < 1.29 is 14.6 Å². The number of ether oxygens (including phenoxy) is 1. The predicted octanol–water partition coefficient (Wildman–Crippen LogP) is 6.03. The number of hydrogen-bond donors (Lipinski definition) is 1. The van der Waals surface area contributed by atoms with Crippen LogP contribution in [0.15, 0.2) is 42.5 Å². The second-order valence-corrected chi connectivity index (χ2v) is 10.2. The van der Waals surface area contributed by atoms with Crippen LogP contribution in [0.4, 0.5) is 0 Å². The summed E-state index contributed by atoms with van der Waals surface area (Å²) in [7, 11) is 0. The minimum atomic E-state index is -0.695. The van der Waals surface area contributed by atoms with Crippen molar-refractivity contribution >= 4 is 5.97 Å². The summed E-state index contributed by atoms with van der Waals surface area (Å²) in [5.74, 6) is 1.43. The Kier molecular flexibility index (Phi) is 6.57. The molecule has 0 aliphatic heterocycles. The summed E-state index contributed by atoms with van der Waals surface area (Å²) in [6.45, 7) is 10.5. The highest BCUT2D eigenvalue weighted by Crippen LogP contribution is 2.58. The maximum atomic E-state index is 12.6. The lowest BCUT2D eigenvalue weighted by Gasteiger charge is -2.45. The van der Waals surface area contributed by atoms with Gasteiger partial charge >= 0.3 is 5.97 Å². The fraction of sp³-hybridized carbons (Fsp3) is 0.654. The number of esters is 1. The molecule has 3 heteroatoms. The number of fused-ring (bicyclic) bond motifs is 1. The molecule has 2 fully saturated rings. The van der Waals surface area contributed by atoms with Crippen LogP contribution in [0.5, 0.6) is 0 Å². The van der Waals surface area contributed by atoms with Gasteiger partial charge in [-0.05, 0) is 75.3 Å². The van der Waals surface area contributed by atoms with Gasteiger partial charge in [0.05, 0.1) is 11.2 Å². The third-order valence-electron chi connectivity index (χ3n) is 7.86. The molecule has 0 radical (unpaired) electrons. The van der Waals surface area contributed by atoms with Crippen LogP contribution in [0.1, 0.15) is 77.1 Å². The zero-order valence-corrected chi connectivity index (χ0v) is 18.7. The molecule has 2 saturated carbocycles. The molecule has 0 heterocycles. The van der Waals surface area contributed by atoms with Gasteiger partial charge in [-0.15, -0.1) is 0 Å². The van der Waals surface area contributed by atoms with Crippen LogP contribution in [0.2, 0.25) is 0 Å². The van der Waals surface area contributed by atoms with Gasteiger partial charge in [-0.1, -0.05) is 51.1 Å². The average Bonchev–Trinajstić information content (AvgIpc) is 3.03. The van der Waals surface area contributed by atoms with E-state index in [1.165, 1.54) is 12.8 Å². The Morgan fingerprint density at radius 1 is 1.17 bits per heavy atom. The number of allylic oxidation sites excluding steroid dienone is 1. The van der Waals surface area contributed by atoms with Crippen molar-refractivity contribution in [3.8, 4) is 0 Å². The Morgan fingerprint density at radius 3 is 2.52 bits per heavy atom. The predicted molar refractivity (Wildman–Crippen MR) is 118 cm³/mol. The molecular formula is C26H38O3. The van der Waals surface area contributed by atoms with Crippen LogP contribution < -0.4 is 0 Å². The van der Waals surface area contributed by atoms with E-state index in [9.17, 15) is 9.90 Å². The van der Waals surface area contributed by atoms with E-state index in [1.807, 2.05) is 44.2 Å². The second-order valence-electron chi connectivity index (χ2n) is 10.2. The standard InChI is InChI=1S/C26H38O3/c1-18(13-14-19(2)25(3,4)28)21-15-16-22-23(12-9-17-26(21,22)5)29-24(27)20-10-7-6-8-11-20/h6-8,10-11,13-14,18-19,21-23,28H,9,12,15-17H2,1-5H3/b14-13+/t18-,19+,21-,22+,23+,26-/m1/s1. The zero-order chi connectivity index (χ0) is 21.2. The Hall–Kier alpha value is -1.61. The average molecular weight is 399 g/mol. The highest BCUT2D eigenvalue weighted by molar-refractivity contribution is 5.89. The van der Waals surface area contributed by atoms with Crippen molar-refractivity contribution in [2.24, 2.45) is 29.1 Å². The molecule has 1 N–H and O–H groups in total. The minimum absolute atomic E-state index is 0.0259. The lowest BCUT2D eigenvalue weighted by Crippen LogP contribution is -2.43. The van der Waals surface area contributed by atoms with Crippen LogP contribution in [-0.2, 0) is 4.74 Å². The number of carbonyl (C=O) groups excluding carboxylic acids is 1. The van der Waals surface area contributed by atoms with Gasteiger partial charge in [-0.3, -0.25) is 0 Å². The first-order valence-corrected chi connectivity index (χ1v) is 11.3. The van der Waals surface area contributed by atoms with E-state index in [2.05, 4.69) is 32.9 Å². The molecule has 2 aliphatic rings. The first-order chi connectivity index (χ1) is 13.6. The molecule has 3 rings (SSSR count). The fourth-order valence-corrected chi connectivity index (χ4v) is 5.66. The molecule has 0 saturated heterocycles. The normalized spacial score (nSPS) is 32.0. The third kappa shape index (κ3) is 4.77. The van der Waals surface area contributed by atoms with E-state index in [-0.39, 0.29) is 23.4 Å². The van der Waals surface area contributed by atoms with Gasteiger partial charge in [0.2, 0.25) is 0 Å². The Labute approximate surface area is 176 Å². The van der Waals surface area contributed by atoms with Crippen molar-refractivity contribution in [3.63, 3.8) is 0 Å². The van der Waals surface area contributed by atoms with E-state index in [0.717, 1.165) is 19.3 Å². The smallest absolute Gasteiger partial charge is 0.338 e. The quantitative estimate of drug-likeness (QED) is 0.470. The van der Waals surface area contributed by atoms with Gasteiger partial charge in [0.25, 0.3) is 0 Å². The molecule has 0 unspecified atom stereocenters. The number of benzene rings is 1. The van der Waals surface area contributed by atoms with Crippen LogP contribution in [0, 0.1) is 29.1 Å². The van der Waals surface area contributed by atoms with Gasteiger partial charge in [0.1, 0.15) is 6.10 Å². The van der Waals surface area contributed by atoms with E-state index in [0.29, 0.717) is 23.3 Å². The molecule has 1 aromatic rings. The van der Waals surface area contributed by atoms with Crippen molar-refractivity contribution in [1.82, 2.24) is 0 Å². The Morgan fingerprint density at radius 2 is 1.86 bits per heavy atom. The third-order valence-corrected chi connectivity index (χ3v) is 7.86. The Bertz CT molecular complexity index is 717. The molecule has 3 nitrogen and oxygen atoms in total. The summed E-state index contributed by atoms with van der Waals surface area (Å²) in [4.78, 5) is 12.6. The number of rotatable bonds is 6. The summed E-state index contributed by atoms with van der Waals surface area (Å²) < 4.78 is 6.04. The molecule has 160 valence electrons. The molecule has 0 bridgehead atoms. The van der Waals surface area contributed by atoms with E-state index in [4.69, 9.17) is 4.74 Å². The molecule has 0 spiro atoms. The van der Waals surface area contributed by atoms with E-state index < -0.39 is 5.60 Å². The summed E-state index contributed by atoms with van der Waals surface area (Å²) in [6.07, 6.45) is 10.1. The molecule has 1 aromatic carbocycles. The van der Waals surface area contributed by atoms with Crippen LogP contribution in [0.3, 0.4) is 0 Å². The maximum absolute atomic E-state index is 12.6. The lowest BCUT2D eigenvalue weighted by atomic mass is 9.61. The van der Waals surface area contributed by atoms with E-state index in [1.54, 1.807) is 0 Å². The zero-order valence-electron chi connectivity index (χ0n) is 18.7. The maximum Gasteiger partial charge on any atom is 0.338 e. The minimum Gasteiger partial charge on any atom is -0.458 e. The molecule has 0 aromatic heterocycles. The van der Waals surface area contributed by atoms with Gasteiger partial charge in [0, 0.05) is 11.8 Å². The lowest BCUT2D eigenvalue weighted by molar-refractivity contribution is -0.0444. The number of hydrogen-bond acceptors (Lipinski definition) is 3. The largest absolute Gasteiger partial charge is 0.458 e. The molecular weight excluding hydrogens is 360 g/mol. The SMILES string of the molecule is C[C@H](/C=C/[C@H](C)C(C)(C)O)[C@H]1CC[C@H]2[C@@H](OC(=O)c3ccccc3)CCC[C@]12C. The van der Waals surface area contributed by atoms with Crippen LogP contribution in [0.25, 0.3) is 0 Å². The van der Waals surface area contributed by atoms with Crippen molar-refractivity contribution in [2.45, 2.75) is 78.4 Å². The number of aliphatic hydroxyl groups is 1. The molecule has 29 heavy (non-hydrogen) atoms. The summed E-state index contributed by atoms with van der Waals surface area (Å²) in [5.41, 5.74) is 0.160. The first kappa shape index (κ1) is 22.1. The molecule has 0 amide bonds. The van der Waals surface area contributed by atoms with Crippen LogP contribution >= 0.6 is 0 Å². The molecule has 2 aliphatic carbocycles. The van der Waals surface area contributed by atoms with Crippen molar-refractivity contribution in [3.05, 3.63) is 48.0 Å². The summed E-state index contributed by atoms with van der Waals surface area (Å²) in [5, 5.41) is 10.2. The second kappa shape index (κ2) is 8.63. The monoisotopic (exact) mass is 398 g/mol. The topological polar surface area (TPSA) is 46.5 Å². The van der Waals surface area contributed by atoms with Gasteiger partial charge < -0.3 is 9.84 Å². The highest BCUT2D eigenvalue weighted by atomic mass is 16.5. The van der Waals surface area contributed by atoms with Gasteiger partial charge in [-0.25, -0.2) is 4.79 Å². The summed E-state index contributed by atoms with van der Waals surface area (Å²) in [6, 6.07) is 9.35. The van der Waals surface area contributed by atoms with Gasteiger partial charge in [-0.2, -0.15) is 0 Å². The summed E-state index contributed by atoms with van der Waals surface area (Å²) >= 11 is 0. The fourth-order valence-electron chi connectivity index (χ4n) is 5.66. The van der Waals surface area contributed by atoms with Gasteiger partial charge in [0.15, 0.2) is 0 Å². The highest BCUT2D eigenvalue weighted by Gasteiger charge is 2.53. The van der Waals surface area contributed by atoms with Crippen LogP contribution in [-0.4, -0.2) is 22.8 Å². The molecule has 6 atom stereocenters.